The first-order valence-electron chi connectivity index (χ1n) is 11.7. The zero-order chi connectivity index (χ0) is 26.5. The lowest BCUT2D eigenvalue weighted by molar-refractivity contribution is -0.149. The van der Waals surface area contributed by atoms with Gasteiger partial charge in [-0.05, 0) is 30.2 Å². The lowest BCUT2D eigenvalue weighted by Crippen LogP contribution is -2.53. The molecule has 0 unspecified atom stereocenters. The Bertz CT molecular complexity index is 872. The third-order valence-electron chi connectivity index (χ3n) is 5.30. The molecule has 3 amide bonds. The number of amides is 3. The predicted octanol–water partition coefficient (Wildman–Crippen LogP) is 2.19. The molecule has 35 heavy (non-hydrogen) atoms. The summed E-state index contributed by atoms with van der Waals surface area (Å²) in [5.41, 5.74) is 10.7. The van der Waals surface area contributed by atoms with E-state index in [9.17, 15) is 24.4 Å². The van der Waals surface area contributed by atoms with E-state index in [0.29, 0.717) is 6.42 Å². The molecule has 0 aliphatic carbocycles. The molecular weight excluding hydrogens is 452 g/mol. The van der Waals surface area contributed by atoms with Crippen LogP contribution in [0.2, 0.25) is 0 Å². The van der Waals surface area contributed by atoms with Crippen LogP contribution < -0.4 is 16.6 Å². The summed E-state index contributed by atoms with van der Waals surface area (Å²) in [6, 6.07) is 8.03. The van der Waals surface area contributed by atoms with Crippen LogP contribution in [-0.2, 0) is 19.2 Å². The number of carbonyl (C=O) groups is 4. The number of allylic oxidation sites excluding steroid dienone is 1. The standard InChI is InChI=1S/C25H38N4O6/c1-16(2)13-20(19(24(32)28-35)12-8-11-18-9-6-5-7-10-18)23(31)27-29(15-17(3)4)22(30)14-21(26)25(33)34/h5-11,16-17,19-21,35H,12-15,26H2,1-4H3,(H,27,31)(H,28,32)(H,33,34)/t19-,20+,21-/m0/s1. The van der Waals surface area contributed by atoms with Crippen molar-refractivity contribution in [2.45, 2.75) is 53.0 Å². The number of carboxylic acid groups (broad SMARTS) is 1. The van der Waals surface area contributed by atoms with E-state index in [1.165, 1.54) is 0 Å². The number of hydroxylamine groups is 1. The molecule has 0 fully saturated rings. The van der Waals surface area contributed by atoms with Crippen molar-refractivity contribution in [2.24, 2.45) is 29.4 Å². The second kappa shape index (κ2) is 14.9. The van der Waals surface area contributed by atoms with E-state index in [0.717, 1.165) is 10.6 Å². The van der Waals surface area contributed by atoms with E-state index in [4.69, 9.17) is 10.8 Å². The zero-order valence-electron chi connectivity index (χ0n) is 20.8. The van der Waals surface area contributed by atoms with E-state index in [2.05, 4.69) is 5.43 Å². The van der Waals surface area contributed by atoms with Crippen LogP contribution in [0.3, 0.4) is 0 Å². The highest BCUT2D eigenvalue weighted by molar-refractivity contribution is 5.90. The van der Waals surface area contributed by atoms with Crippen LogP contribution >= 0.6 is 0 Å². The summed E-state index contributed by atoms with van der Waals surface area (Å²) in [4.78, 5) is 49.7. The Labute approximate surface area is 206 Å². The first kappa shape index (κ1) is 29.8. The van der Waals surface area contributed by atoms with Crippen LogP contribution in [0.1, 0.15) is 52.5 Å². The Hall–Kier alpha value is -3.24. The molecule has 0 aromatic heterocycles. The fourth-order valence-electron chi connectivity index (χ4n) is 3.59. The summed E-state index contributed by atoms with van der Waals surface area (Å²) in [5.74, 6) is -5.01. The van der Waals surface area contributed by atoms with Gasteiger partial charge in [-0.3, -0.25) is 34.8 Å². The van der Waals surface area contributed by atoms with Crippen LogP contribution in [0, 0.1) is 23.7 Å². The highest BCUT2D eigenvalue weighted by Gasteiger charge is 2.35. The zero-order valence-corrected chi connectivity index (χ0v) is 20.8. The first-order valence-corrected chi connectivity index (χ1v) is 11.7. The van der Waals surface area contributed by atoms with Gasteiger partial charge in [-0.15, -0.1) is 0 Å². The van der Waals surface area contributed by atoms with E-state index >= 15 is 0 Å². The molecule has 0 radical (unpaired) electrons. The molecule has 1 aromatic carbocycles. The van der Waals surface area contributed by atoms with Crippen LogP contribution in [-0.4, -0.2) is 51.6 Å². The largest absolute Gasteiger partial charge is 0.480 e. The van der Waals surface area contributed by atoms with Crippen molar-refractivity contribution in [1.82, 2.24) is 15.9 Å². The van der Waals surface area contributed by atoms with E-state index in [1.54, 1.807) is 11.6 Å². The molecular formula is C25H38N4O6. The van der Waals surface area contributed by atoms with Gasteiger partial charge in [0.15, 0.2) is 0 Å². The number of carbonyl (C=O) groups excluding carboxylic acids is 3. The highest BCUT2D eigenvalue weighted by atomic mass is 16.5. The molecule has 0 saturated heterocycles. The smallest absolute Gasteiger partial charge is 0.321 e. The first-order chi connectivity index (χ1) is 16.5. The number of hydrogen-bond acceptors (Lipinski definition) is 6. The molecule has 6 N–H and O–H groups in total. The summed E-state index contributed by atoms with van der Waals surface area (Å²) in [5, 5.41) is 19.4. The number of hydrogen-bond donors (Lipinski definition) is 5. The molecule has 0 saturated carbocycles. The van der Waals surface area contributed by atoms with Gasteiger partial charge in [0.1, 0.15) is 6.04 Å². The Morgan fingerprint density at radius 2 is 1.63 bits per heavy atom. The van der Waals surface area contributed by atoms with Gasteiger partial charge in [0.05, 0.1) is 18.3 Å². The van der Waals surface area contributed by atoms with Gasteiger partial charge >= 0.3 is 5.97 Å². The molecule has 1 rings (SSSR count). The molecule has 3 atom stereocenters. The van der Waals surface area contributed by atoms with Crippen molar-refractivity contribution in [2.75, 3.05) is 6.54 Å². The quantitative estimate of drug-likeness (QED) is 0.209. The Kier molecular flexibility index (Phi) is 12.7. The van der Waals surface area contributed by atoms with Gasteiger partial charge in [-0.25, -0.2) is 5.48 Å². The van der Waals surface area contributed by atoms with Crippen LogP contribution in [0.15, 0.2) is 36.4 Å². The van der Waals surface area contributed by atoms with Gasteiger partial charge < -0.3 is 10.8 Å². The molecule has 10 heteroatoms. The van der Waals surface area contributed by atoms with Crippen LogP contribution in [0.25, 0.3) is 6.08 Å². The number of nitrogens with zero attached hydrogens (tertiary/aromatic N) is 1. The van der Waals surface area contributed by atoms with Crippen molar-refractivity contribution in [3.8, 4) is 0 Å². The second-order valence-electron chi connectivity index (χ2n) is 9.39. The van der Waals surface area contributed by atoms with Crippen molar-refractivity contribution >= 4 is 29.8 Å². The molecule has 0 aliphatic rings. The number of benzene rings is 1. The normalized spacial score (nSPS) is 13.9. The minimum atomic E-state index is -1.41. The van der Waals surface area contributed by atoms with Crippen LogP contribution in [0.5, 0.6) is 0 Å². The summed E-state index contributed by atoms with van der Waals surface area (Å²) in [6.45, 7) is 7.61. The lowest BCUT2D eigenvalue weighted by Gasteiger charge is -2.31. The number of aliphatic carboxylic acids is 1. The lowest BCUT2D eigenvalue weighted by atomic mass is 9.82. The SMILES string of the molecule is CC(C)C[C@@H](C(=O)NN(CC(C)C)C(=O)C[C@H](N)C(=O)O)[C@H](CC=Cc1ccccc1)C(=O)NO. The van der Waals surface area contributed by atoms with Gasteiger partial charge in [0.25, 0.3) is 0 Å². The number of rotatable bonds is 13. The van der Waals surface area contributed by atoms with Crippen molar-refractivity contribution < 1.29 is 29.5 Å². The molecule has 1 aromatic rings. The average Bonchev–Trinajstić information content (AvgIpc) is 2.79. The number of nitrogens with one attached hydrogen (secondary N) is 2. The monoisotopic (exact) mass is 490 g/mol. The van der Waals surface area contributed by atoms with Crippen molar-refractivity contribution in [3.05, 3.63) is 42.0 Å². The van der Waals surface area contributed by atoms with Gasteiger partial charge in [-0.2, -0.15) is 0 Å². The summed E-state index contributed by atoms with van der Waals surface area (Å²) in [6.07, 6.45) is 3.59. The Morgan fingerprint density at radius 1 is 1.00 bits per heavy atom. The Balaban J connectivity index is 3.15. The fraction of sp³-hybridized carbons (Fsp3) is 0.520. The summed E-state index contributed by atoms with van der Waals surface area (Å²) < 4.78 is 0. The third kappa shape index (κ3) is 10.7. The topological polar surface area (TPSA) is 162 Å². The molecule has 0 bridgehead atoms. The van der Waals surface area contributed by atoms with Crippen molar-refractivity contribution in [1.29, 1.82) is 0 Å². The Morgan fingerprint density at radius 3 is 2.14 bits per heavy atom. The third-order valence-corrected chi connectivity index (χ3v) is 5.30. The molecule has 0 spiro atoms. The van der Waals surface area contributed by atoms with Gasteiger partial charge in [-0.1, -0.05) is 70.2 Å². The second-order valence-corrected chi connectivity index (χ2v) is 9.39. The van der Waals surface area contributed by atoms with E-state index < -0.39 is 48.0 Å². The van der Waals surface area contributed by atoms with Crippen LogP contribution in [0.4, 0.5) is 0 Å². The van der Waals surface area contributed by atoms with E-state index in [-0.39, 0.29) is 24.8 Å². The highest BCUT2D eigenvalue weighted by Crippen LogP contribution is 2.26. The van der Waals surface area contributed by atoms with Gasteiger partial charge in [0, 0.05) is 6.54 Å². The van der Waals surface area contributed by atoms with Gasteiger partial charge in [0.2, 0.25) is 17.7 Å². The summed E-state index contributed by atoms with van der Waals surface area (Å²) >= 11 is 0. The number of hydrazine groups is 1. The average molecular weight is 491 g/mol. The molecule has 0 heterocycles. The molecule has 10 nitrogen and oxygen atoms in total. The number of nitrogens with two attached hydrogens (primary N) is 1. The maximum Gasteiger partial charge on any atom is 0.321 e. The van der Waals surface area contributed by atoms with Crippen molar-refractivity contribution in [3.63, 3.8) is 0 Å². The molecule has 194 valence electrons. The maximum atomic E-state index is 13.4. The van der Waals surface area contributed by atoms with E-state index in [1.807, 2.05) is 64.1 Å². The fourth-order valence-corrected chi connectivity index (χ4v) is 3.59. The minimum Gasteiger partial charge on any atom is -0.480 e. The number of carboxylic acids is 1. The maximum absolute atomic E-state index is 13.4. The molecule has 0 aliphatic heterocycles. The summed E-state index contributed by atoms with van der Waals surface area (Å²) in [7, 11) is 0. The minimum absolute atomic E-state index is 0.0332. The predicted molar refractivity (Wildman–Crippen MR) is 131 cm³/mol.